The number of anilines is 1. The average molecular weight is 361 g/mol. The highest BCUT2D eigenvalue weighted by atomic mass is 16.6. The van der Waals surface area contributed by atoms with Gasteiger partial charge in [-0.05, 0) is 51.8 Å². The quantitative estimate of drug-likeness (QED) is 0.757. The van der Waals surface area contributed by atoms with Gasteiger partial charge in [-0.1, -0.05) is 12.1 Å². The van der Waals surface area contributed by atoms with Crippen molar-refractivity contribution in [3.8, 4) is 5.75 Å². The summed E-state index contributed by atoms with van der Waals surface area (Å²) in [6.07, 6.45) is 3.07. The Balaban J connectivity index is 1.32. The molecule has 1 amide bonds. The second kappa shape index (κ2) is 8.62. The van der Waals surface area contributed by atoms with E-state index in [0.717, 1.165) is 64.2 Å². The lowest BCUT2D eigenvalue weighted by Gasteiger charge is -2.36. The summed E-state index contributed by atoms with van der Waals surface area (Å²) in [6, 6.07) is 7.77. The molecule has 0 radical (unpaired) electrons. The number of carbonyl (C=O) groups excluding carboxylic acids is 1. The van der Waals surface area contributed by atoms with Crippen LogP contribution >= 0.6 is 0 Å². The van der Waals surface area contributed by atoms with Crippen molar-refractivity contribution in [2.75, 3.05) is 44.2 Å². The molecule has 1 aromatic carbocycles. The lowest BCUT2D eigenvalue weighted by atomic mass is 10.1. The minimum atomic E-state index is -0.162. The number of ether oxygens (including phenoxy) is 1. The molecule has 1 N–H and O–H groups in total. The van der Waals surface area contributed by atoms with Gasteiger partial charge < -0.3 is 19.6 Å². The summed E-state index contributed by atoms with van der Waals surface area (Å²) >= 11 is 0. The number of hydrogen-bond donors (Lipinski definition) is 1. The zero-order valence-electron chi connectivity index (χ0n) is 15.9. The normalized spacial score (nSPS) is 21.5. The maximum absolute atomic E-state index is 11.8. The predicted octanol–water partition coefficient (Wildman–Crippen LogP) is 2.91. The topological polar surface area (TPSA) is 56.3 Å². The summed E-state index contributed by atoms with van der Waals surface area (Å²) in [4.78, 5) is 18.3. The third-order valence-corrected chi connectivity index (χ3v) is 5.37. The number of nitrogens with zero attached hydrogens (tertiary/aromatic N) is 3. The molecule has 2 aliphatic heterocycles. The van der Waals surface area contributed by atoms with E-state index in [1.165, 1.54) is 0 Å². The number of unbranched alkanes of at least 4 members (excludes halogenated alkanes) is 1. The molecule has 0 bridgehead atoms. The Morgan fingerprint density at radius 3 is 2.54 bits per heavy atom. The van der Waals surface area contributed by atoms with Crippen molar-refractivity contribution in [2.45, 2.75) is 45.3 Å². The van der Waals surface area contributed by atoms with Crippen LogP contribution in [0.3, 0.4) is 0 Å². The van der Waals surface area contributed by atoms with Crippen LogP contribution < -0.4 is 4.90 Å². The summed E-state index contributed by atoms with van der Waals surface area (Å²) in [6.45, 7) is 9.81. The lowest BCUT2D eigenvalue weighted by Crippen LogP contribution is -2.46. The zero-order chi connectivity index (χ0) is 18.5. The number of carbonyl (C=O) groups is 1. The smallest absolute Gasteiger partial charge is 0.410 e. The van der Waals surface area contributed by atoms with Gasteiger partial charge in [-0.15, -0.1) is 0 Å². The van der Waals surface area contributed by atoms with Crippen LogP contribution in [-0.4, -0.2) is 72.4 Å². The molecular weight excluding hydrogens is 330 g/mol. The number of amides is 1. The van der Waals surface area contributed by atoms with Gasteiger partial charge in [0.05, 0.1) is 12.2 Å². The van der Waals surface area contributed by atoms with E-state index < -0.39 is 0 Å². The van der Waals surface area contributed by atoms with E-state index in [0.29, 0.717) is 5.75 Å². The molecule has 2 heterocycles. The molecule has 2 fully saturated rings. The fraction of sp³-hybridized carbons (Fsp3) is 0.650. The molecule has 2 saturated heterocycles. The largest absolute Gasteiger partial charge is 0.506 e. The summed E-state index contributed by atoms with van der Waals surface area (Å²) in [5, 5.41) is 9.98. The van der Waals surface area contributed by atoms with Gasteiger partial charge in [0.25, 0.3) is 0 Å². The Morgan fingerprint density at radius 2 is 1.88 bits per heavy atom. The molecule has 0 saturated carbocycles. The van der Waals surface area contributed by atoms with Crippen LogP contribution in [0.1, 0.15) is 33.1 Å². The third-order valence-electron chi connectivity index (χ3n) is 5.37. The van der Waals surface area contributed by atoms with Gasteiger partial charge in [0.1, 0.15) is 11.9 Å². The van der Waals surface area contributed by atoms with Crippen LogP contribution in [-0.2, 0) is 4.74 Å². The SMILES string of the molecule is CC(C)N1CC(CCCCN2CCN(c3ccccc3O)CC2)OC1=O. The van der Waals surface area contributed by atoms with Crippen molar-refractivity contribution < 1.29 is 14.6 Å². The van der Waals surface area contributed by atoms with E-state index >= 15 is 0 Å². The minimum absolute atomic E-state index is 0.0582. The van der Waals surface area contributed by atoms with Crippen molar-refractivity contribution >= 4 is 11.8 Å². The van der Waals surface area contributed by atoms with Crippen LogP contribution in [0, 0.1) is 0 Å². The van der Waals surface area contributed by atoms with Gasteiger partial charge in [-0.3, -0.25) is 4.90 Å². The molecule has 144 valence electrons. The summed E-state index contributed by atoms with van der Waals surface area (Å²) in [5.74, 6) is 0.363. The highest BCUT2D eigenvalue weighted by Crippen LogP contribution is 2.27. The van der Waals surface area contributed by atoms with Crippen LogP contribution in [0.5, 0.6) is 5.75 Å². The molecule has 2 aliphatic rings. The van der Waals surface area contributed by atoms with E-state index in [-0.39, 0.29) is 18.2 Å². The number of aromatic hydroxyl groups is 1. The molecule has 0 spiro atoms. The van der Waals surface area contributed by atoms with E-state index in [9.17, 15) is 9.90 Å². The molecule has 1 aromatic rings. The Kier molecular flexibility index (Phi) is 6.25. The molecule has 3 rings (SSSR count). The fourth-order valence-corrected chi connectivity index (χ4v) is 3.76. The predicted molar refractivity (Wildman–Crippen MR) is 103 cm³/mol. The van der Waals surface area contributed by atoms with Crippen molar-refractivity contribution in [2.24, 2.45) is 0 Å². The summed E-state index contributed by atoms with van der Waals surface area (Å²) in [7, 11) is 0. The number of cyclic esters (lactones) is 1. The first-order valence-corrected chi connectivity index (χ1v) is 9.77. The van der Waals surface area contributed by atoms with Crippen molar-refractivity contribution in [1.29, 1.82) is 0 Å². The van der Waals surface area contributed by atoms with E-state index in [1.54, 1.807) is 6.07 Å². The Hall–Kier alpha value is -1.95. The number of benzene rings is 1. The highest BCUT2D eigenvalue weighted by molar-refractivity contribution is 5.70. The highest BCUT2D eigenvalue weighted by Gasteiger charge is 2.32. The van der Waals surface area contributed by atoms with Crippen LogP contribution in [0.15, 0.2) is 24.3 Å². The fourth-order valence-electron chi connectivity index (χ4n) is 3.76. The van der Waals surface area contributed by atoms with Crippen LogP contribution in [0.2, 0.25) is 0 Å². The number of para-hydroxylation sites is 2. The molecule has 6 heteroatoms. The van der Waals surface area contributed by atoms with Gasteiger partial charge in [0.15, 0.2) is 0 Å². The second-order valence-corrected chi connectivity index (χ2v) is 7.57. The Morgan fingerprint density at radius 1 is 1.15 bits per heavy atom. The van der Waals surface area contributed by atoms with Crippen LogP contribution in [0.25, 0.3) is 0 Å². The number of phenols is 1. The number of piperazine rings is 1. The maximum Gasteiger partial charge on any atom is 0.410 e. The number of rotatable bonds is 7. The minimum Gasteiger partial charge on any atom is -0.506 e. The Labute approximate surface area is 156 Å². The van der Waals surface area contributed by atoms with Gasteiger partial charge in [-0.25, -0.2) is 4.79 Å². The first-order chi connectivity index (χ1) is 12.5. The Bertz CT molecular complexity index is 600. The summed E-state index contributed by atoms with van der Waals surface area (Å²) in [5.41, 5.74) is 0.935. The molecule has 0 aliphatic carbocycles. The number of hydrogen-bond acceptors (Lipinski definition) is 5. The zero-order valence-corrected chi connectivity index (χ0v) is 15.9. The monoisotopic (exact) mass is 361 g/mol. The lowest BCUT2D eigenvalue weighted by molar-refractivity contribution is 0.124. The van der Waals surface area contributed by atoms with E-state index in [1.807, 2.05) is 36.9 Å². The van der Waals surface area contributed by atoms with Crippen molar-refractivity contribution in [3.05, 3.63) is 24.3 Å². The van der Waals surface area contributed by atoms with Crippen molar-refractivity contribution in [3.63, 3.8) is 0 Å². The first-order valence-electron chi connectivity index (χ1n) is 9.77. The molecule has 1 atom stereocenters. The van der Waals surface area contributed by atoms with Crippen molar-refractivity contribution in [1.82, 2.24) is 9.80 Å². The summed E-state index contributed by atoms with van der Waals surface area (Å²) < 4.78 is 5.44. The van der Waals surface area contributed by atoms with E-state index in [2.05, 4.69) is 9.80 Å². The maximum atomic E-state index is 11.8. The van der Waals surface area contributed by atoms with Crippen LogP contribution in [0.4, 0.5) is 10.5 Å². The molecule has 0 aromatic heterocycles. The number of phenolic OH excluding ortho intramolecular Hbond substituents is 1. The molecule has 26 heavy (non-hydrogen) atoms. The molecule has 6 nitrogen and oxygen atoms in total. The van der Waals surface area contributed by atoms with E-state index in [4.69, 9.17) is 4.74 Å². The van der Waals surface area contributed by atoms with Gasteiger partial charge in [0.2, 0.25) is 0 Å². The first kappa shape index (κ1) is 18.8. The third kappa shape index (κ3) is 4.61. The average Bonchev–Trinajstić information content (AvgIpc) is 3.01. The molecular formula is C20H31N3O3. The van der Waals surface area contributed by atoms with Gasteiger partial charge in [0, 0.05) is 32.2 Å². The van der Waals surface area contributed by atoms with Gasteiger partial charge >= 0.3 is 6.09 Å². The van der Waals surface area contributed by atoms with Gasteiger partial charge in [-0.2, -0.15) is 0 Å². The second-order valence-electron chi connectivity index (χ2n) is 7.57. The standard InChI is InChI=1S/C20H31N3O3/c1-16(2)23-15-17(26-20(23)25)7-5-6-10-21-11-13-22(14-12-21)18-8-3-4-9-19(18)24/h3-4,8-9,16-17,24H,5-7,10-15H2,1-2H3. The molecule has 1 unspecified atom stereocenters.